The van der Waals surface area contributed by atoms with Gasteiger partial charge in [-0.1, -0.05) is 18.2 Å². The maximum Gasteiger partial charge on any atom is 0.469 e. The van der Waals surface area contributed by atoms with Crippen LogP contribution < -0.4 is 10.5 Å². The van der Waals surface area contributed by atoms with Crippen LogP contribution >= 0.6 is 30.4 Å². The van der Waals surface area contributed by atoms with Crippen LogP contribution in [0.4, 0.5) is 0 Å². The van der Waals surface area contributed by atoms with Crippen molar-refractivity contribution in [3.05, 3.63) is 62.2 Å². The largest absolute Gasteiger partial charge is 0.496 e. The van der Waals surface area contributed by atoms with Gasteiger partial charge in [0.15, 0.2) is 0 Å². The van der Waals surface area contributed by atoms with Crippen molar-refractivity contribution in [2.45, 2.75) is 62.8 Å². The van der Waals surface area contributed by atoms with Crippen molar-refractivity contribution in [1.82, 2.24) is 0 Å². The minimum atomic E-state index is -4.49. The molecule has 2 aromatic rings. The molecular formula is C25H33INO5P. The summed E-state index contributed by atoms with van der Waals surface area (Å²) in [6, 6.07) is 13.2. The summed E-state index contributed by atoms with van der Waals surface area (Å²) in [5.41, 5.74) is 11.2. The molecule has 0 radical (unpaired) electrons. The zero-order chi connectivity index (χ0) is 23.6. The molecule has 1 saturated carbocycles. The molecule has 8 heteroatoms. The molecule has 0 saturated heterocycles. The maximum absolute atomic E-state index is 11.1. The van der Waals surface area contributed by atoms with Crippen LogP contribution in [0.2, 0.25) is 0 Å². The van der Waals surface area contributed by atoms with Gasteiger partial charge in [0.25, 0.3) is 0 Å². The molecule has 4 N–H and O–H groups in total. The zero-order valence-electron chi connectivity index (χ0n) is 19.0. The predicted octanol–water partition coefficient (Wildman–Crippen LogP) is 5.11. The van der Waals surface area contributed by atoms with E-state index in [2.05, 4.69) is 59.0 Å². The summed E-state index contributed by atoms with van der Waals surface area (Å²) in [5, 5.41) is 0. The fraction of sp³-hybridized carbons (Fsp3) is 0.520. The molecule has 0 heterocycles. The molecule has 2 aliphatic rings. The fourth-order valence-electron chi connectivity index (χ4n) is 5.44. The van der Waals surface area contributed by atoms with Crippen molar-refractivity contribution in [1.29, 1.82) is 0 Å². The first-order chi connectivity index (χ1) is 15.6. The van der Waals surface area contributed by atoms with Crippen molar-refractivity contribution in [2.75, 3.05) is 13.7 Å². The number of fused-ring (bicyclic) bond motifs is 1. The van der Waals surface area contributed by atoms with Crippen LogP contribution in [-0.4, -0.2) is 29.0 Å². The van der Waals surface area contributed by atoms with Gasteiger partial charge in [-0.2, -0.15) is 0 Å². The summed E-state index contributed by atoms with van der Waals surface area (Å²) in [4.78, 5) is 18.0. The Morgan fingerprint density at radius 1 is 1.18 bits per heavy atom. The molecule has 0 bridgehead atoms. The summed E-state index contributed by atoms with van der Waals surface area (Å²) < 4.78 is 22.6. The van der Waals surface area contributed by atoms with E-state index in [0.717, 1.165) is 37.9 Å². The SMILES string of the molecule is COc1ccc(I)cc1CC[C@@H]1CCc2cc([C@H]3CC[C@](N)(COP(=O)(O)O)C3)ccc2C1. The van der Waals surface area contributed by atoms with Crippen LogP contribution in [-0.2, 0) is 28.4 Å². The van der Waals surface area contributed by atoms with Crippen molar-refractivity contribution in [3.63, 3.8) is 0 Å². The van der Waals surface area contributed by atoms with E-state index in [0.29, 0.717) is 24.7 Å². The van der Waals surface area contributed by atoms with E-state index in [1.54, 1.807) is 7.11 Å². The molecule has 0 aromatic heterocycles. The van der Waals surface area contributed by atoms with E-state index < -0.39 is 13.4 Å². The first-order valence-corrected chi connectivity index (χ1v) is 14.2. The molecule has 0 aliphatic heterocycles. The average molecular weight is 585 g/mol. The Morgan fingerprint density at radius 3 is 2.76 bits per heavy atom. The lowest BCUT2D eigenvalue weighted by Gasteiger charge is -2.27. The van der Waals surface area contributed by atoms with Gasteiger partial charge in [0.2, 0.25) is 0 Å². The second-order valence-electron chi connectivity index (χ2n) is 9.70. The lowest BCUT2D eigenvalue weighted by molar-refractivity contribution is 0.153. The lowest BCUT2D eigenvalue weighted by atomic mass is 9.79. The third kappa shape index (κ3) is 6.59. The number of phosphoric ester groups is 1. The second-order valence-corrected chi connectivity index (χ2v) is 12.2. The Morgan fingerprint density at radius 2 is 2.00 bits per heavy atom. The molecule has 1 fully saturated rings. The number of aryl methyl sites for hydroxylation is 2. The molecule has 0 amide bonds. The van der Waals surface area contributed by atoms with Gasteiger partial charge in [-0.25, -0.2) is 4.57 Å². The Hall–Kier alpha value is -0.960. The minimum Gasteiger partial charge on any atom is -0.496 e. The first-order valence-electron chi connectivity index (χ1n) is 11.6. The average Bonchev–Trinajstić information content (AvgIpc) is 3.18. The second kappa shape index (κ2) is 10.3. The van der Waals surface area contributed by atoms with Crippen LogP contribution in [0.5, 0.6) is 5.75 Å². The van der Waals surface area contributed by atoms with Gasteiger partial charge in [0, 0.05) is 9.11 Å². The molecule has 180 valence electrons. The third-order valence-corrected chi connectivity index (χ3v) is 8.40. The highest BCUT2D eigenvalue weighted by molar-refractivity contribution is 14.1. The van der Waals surface area contributed by atoms with Crippen molar-refractivity contribution >= 4 is 30.4 Å². The number of ether oxygens (including phenoxy) is 1. The molecule has 2 aromatic carbocycles. The number of methoxy groups -OCH3 is 1. The Labute approximate surface area is 209 Å². The molecule has 0 spiro atoms. The van der Waals surface area contributed by atoms with Crippen LogP contribution in [0.15, 0.2) is 36.4 Å². The van der Waals surface area contributed by atoms with Gasteiger partial charge >= 0.3 is 7.82 Å². The number of benzene rings is 2. The quantitative estimate of drug-likeness (QED) is 0.294. The number of halogens is 1. The number of nitrogens with two attached hydrogens (primary N) is 1. The topological polar surface area (TPSA) is 102 Å². The van der Waals surface area contributed by atoms with E-state index in [1.807, 2.05) is 0 Å². The van der Waals surface area contributed by atoms with E-state index in [1.165, 1.54) is 32.2 Å². The summed E-state index contributed by atoms with van der Waals surface area (Å²) in [7, 11) is -2.75. The standard InChI is InChI=1S/C25H33INO5P/c1-31-24-9-8-23(26)14-21(24)5-3-17-2-4-19-13-20(7-6-18(19)12-17)22-10-11-25(27,15-22)16-32-33(28,29)30/h6-9,13-14,17,22H,2-5,10-12,15-16,27H2,1H3,(H2,28,29,30)/t17-,22-,25+/m0/s1. The van der Waals surface area contributed by atoms with Gasteiger partial charge in [0.1, 0.15) is 5.75 Å². The van der Waals surface area contributed by atoms with Gasteiger partial charge in [0.05, 0.1) is 13.7 Å². The number of phosphoric acid groups is 1. The molecule has 4 rings (SSSR count). The van der Waals surface area contributed by atoms with Crippen LogP contribution in [0.3, 0.4) is 0 Å². The number of hydrogen-bond acceptors (Lipinski definition) is 4. The lowest BCUT2D eigenvalue weighted by Crippen LogP contribution is -2.41. The molecule has 33 heavy (non-hydrogen) atoms. The monoisotopic (exact) mass is 585 g/mol. The molecular weight excluding hydrogens is 552 g/mol. The highest BCUT2D eigenvalue weighted by atomic mass is 127. The smallest absolute Gasteiger partial charge is 0.469 e. The van der Waals surface area contributed by atoms with Crippen molar-refractivity contribution in [2.24, 2.45) is 11.7 Å². The van der Waals surface area contributed by atoms with Gasteiger partial charge in [-0.15, -0.1) is 0 Å². The zero-order valence-corrected chi connectivity index (χ0v) is 22.1. The molecule has 2 aliphatic carbocycles. The number of hydrogen-bond donors (Lipinski definition) is 3. The summed E-state index contributed by atoms with van der Waals surface area (Å²) in [5.74, 6) is 1.97. The Balaban J connectivity index is 1.35. The van der Waals surface area contributed by atoms with E-state index in [9.17, 15) is 4.57 Å². The minimum absolute atomic E-state index is 0.106. The van der Waals surface area contributed by atoms with Crippen LogP contribution in [0.1, 0.15) is 60.3 Å². The Bertz CT molecular complexity index is 1040. The van der Waals surface area contributed by atoms with Crippen molar-refractivity contribution < 1.29 is 23.6 Å². The van der Waals surface area contributed by atoms with Crippen molar-refractivity contribution in [3.8, 4) is 5.75 Å². The Kier molecular flexibility index (Phi) is 7.88. The van der Waals surface area contributed by atoms with Crippen LogP contribution in [0, 0.1) is 9.49 Å². The van der Waals surface area contributed by atoms with E-state index >= 15 is 0 Å². The van der Waals surface area contributed by atoms with Gasteiger partial charge in [-0.3, -0.25) is 4.52 Å². The highest BCUT2D eigenvalue weighted by Gasteiger charge is 2.38. The normalized spacial score (nSPS) is 25.1. The summed E-state index contributed by atoms with van der Waals surface area (Å²) >= 11 is 2.36. The van der Waals surface area contributed by atoms with E-state index in [-0.39, 0.29) is 6.61 Å². The predicted molar refractivity (Wildman–Crippen MR) is 137 cm³/mol. The first kappa shape index (κ1) is 25.1. The maximum atomic E-state index is 11.1. The molecule has 0 unspecified atom stereocenters. The van der Waals surface area contributed by atoms with Gasteiger partial charge < -0.3 is 20.3 Å². The number of rotatable bonds is 8. The molecule has 6 nitrogen and oxygen atoms in total. The summed E-state index contributed by atoms with van der Waals surface area (Å²) in [6.07, 6.45) is 7.92. The summed E-state index contributed by atoms with van der Waals surface area (Å²) in [6.45, 7) is -0.106. The molecule has 3 atom stereocenters. The fourth-order valence-corrected chi connectivity index (χ4v) is 6.42. The van der Waals surface area contributed by atoms with Gasteiger partial charge in [-0.05, 0) is 126 Å². The highest BCUT2D eigenvalue weighted by Crippen LogP contribution is 2.44. The van der Waals surface area contributed by atoms with Crippen LogP contribution in [0.25, 0.3) is 0 Å². The van der Waals surface area contributed by atoms with E-state index in [4.69, 9.17) is 24.8 Å². The third-order valence-electron chi connectivity index (χ3n) is 7.26.